The molecule has 1 aliphatic rings. The molecule has 1 aromatic rings. The van der Waals surface area contributed by atoms with Crippen molar-refractivity contribution in [2.45, 2.75) is 26.8 Å². The molecule has 0 saturated carbocycles. The Balaban J connectivity index is 1.97. The second-order valence-corrected chi connectivity index (χ2v) is 5.24. The monoisotopic (exact) mass is 247 g/mol. The summed E-state index contributed by atoms with van der Waals surface area (Å²) < 4.78 is 4.81. The number of carbonyl (C=O) groups excluding carboxylic acids is 1. The number of nitrogens with zero attached hydrogens (tertiary/aromatic N) is 1. The van der Waals surface area contributed by atoms with Gasteiger partial charge in [0.1, 0.15) is 0 Å². The van der Waals surface area contributed by atoms with E-state index in [0.29, 0.717) is 0 Å². The number of hydrogen-bond donors (Lipinski definition) is 0. The van der Waals surface area contributed by atoms with Gasteiger partial charge in [-0.05, 0) is 32.4 Å². The molecule has 1 heterocycles. The van der Waals surface area contributed by atoms with Gasteiger partial charge in [-0.15, -0.1) is 0 Å². The summed E-state index contributed by atoms with van der Waals surface area (Å²) in [4.78, 5) is 13.8. The van der Waals surface area contributed by atoms with Crippen LogP contribution in [0.1, 0.15) is 23.1 Å². The fourth-order valence-electron chi connectivity index (χ4n) is 2.75. The molecule has 3 nitrogen and oxygen atoms in total. The van der Waals surface area contributed by atoms with Crippen molar-refractivity contribution in [3.63, 3.8) is 0 Å². The molecule has 0 amide bonds. The number of benzene rings is 1. The number of esters is 1. The quantitative estimate of drug-likeness (QED) is 0.768. The zero-order chi connectivity index (χ0) is 13.1. The molecule has 0 radical (unpaired) electrons. The normalized spacial score (nSPS) is 20.1. The maximum atomic E-state index is 11.5. The Labute approximate surface area is 109 Å². The number of likely N-dealkylation sites (tertiary alicyclic amines) is 1. The number of ether oxygens (including phenoxy) is 1. The van der Waals surface area contributed by atoms with Crippen molar-refractivity contribution in [3.05, 3.63) is 34.9 Å². The van der Waals surface area contributed by atoms with Crippen molar-refractivity contribution in [1.29, 1.82) is 0 Å². The van der Waals surface area contributed by atoms with E-state index in [1.807, 2.05) is 0 Å². The first kappa shape index (κ1) is 13.1. The van der Waals surface area contributed by atoms with E-state index in [-0.39, 0.29) is 11.9 Å². The van der Waals surface area contributed by atoms with Crippen molar-refractivity contribution < 1.29 is 9.53 Å². The van der Waals surface area contributed by atoms with Crippen molar-refractivity contribution in [3.8, 4) is 0 Å². The molecule has 1 atom stereocenters. The van der Waals surface area contributed by atoms with E-state index in [1.54, 1.807) is 0 Å². The predicted octanol–water partition coefficient (Wildman–Crippen LogP) is 2.30. The lowest BCUT2D eigenvalue weighted by molar-refractivity contribution is -0.144. The molecule has 18 heavy (non-hydrogen) atoms. The van der Waals surface area contributed by atoms with Crippen LogP contribution in [0.4, 0.5) is 0 Å². The Bertz CT molecular complexity index is 422. The zero-order valence-electron chi connectivity index (χ0n) is 11.4. The van der Waals surface area contributed by atoms with Crippen molar-refractivity contribution >= 4 is 5.97 Å². The molecule has 1 unspecified atom stereocenters. The van der Waals surface area contributed by atoms with Crippen LogP contribution in [-0.4, -0.2) is 31.1 Å². The van der Waals surface area contributed by atoms with Gasteiger partial charge in [-0.2, -0.15) is 0 Å². The highest BCUT2D eigenvalue weighted by Gasteiger charge is 2.28. The Kier molecular flexibility index (Phi) is 4.02. The summed E-state index contributed by atoms with van der Waals surface area (Å²) in [6.45, 7) is 6.97. The highest BCUT2D eigenvalue weighted by molar-refractivity contribution is 5.72. The molecule has 0 N–H and O–H groups in total. The molecule has 0 aromatic heterocycles. The summed E-state index contributed by atoms with van der Waals surface area (Å²) in [6.07, 6.45) is 0.914. The lowest BCUT2D eigenvalue weighted by Gasteiger charge is -2.16. The minimum atomic E-state index is -0.0714. The van der Waals surface area contributed by atoms with Gasteiger partial charge in [0.15, 0.2) is 0 Å². The topological polar surface area (TPSA) is 29.5 Å². The average molecular weight is 247 g/mol. The van der Waals surface area contributed by atoms with E-state index >= 15 is 0 Å². The van der Waals surface area contributed by atoms with E-state index in [2.05, 4.69) is 36.9 Å². The van der Waals surface area contributed by atoms with Crippen molar-refractivity contribution in [2.24, 2.45) is 5.92 Å². The number of aryl methyl sites for hydroxylation is 2. The Morgan fingerprint density at radius 1 is 1.33 bits per heavy atom. The van der Waals surface area contributed by atoms with Gasteiger partial charge in [0.05, 0.1) is 13.0 Å². The van der Waals surface area contributed by atoms with Gasteiger partial charge in [0.2, 0.25) is 0 Å². The van der Waals surface area contributed by atoms with E-state index in [9.17, 15) is 4.79 Å². The molecule has 1 saturated heterocycles. The number of rotatable bonds is 3. The van der Waals surface area contributed by atoms with Crippen LogP contribution in [0.25, 0.3) is 0 Å². The highest BCUT2D eigenvalue weighted by atomic mass is 16.5. The molecule has 0 spiro atoms. The van der Waals surface area contributed by atoms with Gasteiger partial charge >= 0.3 is 5.97 Å². The van der Waals surface area contributed by atoms with Crippen LogP contribution in [0, 0.1) is 19.8 Å². The standard InChI is InChI=1S/C15H21NO2/c1-11-6-12(2)8-13(7-11)9-16-5-4-14(10-16)15(17)18-3/h6-8,14H,4-5,9-10H2,1-3H3. The van der Waals surface area contributed by atoms with Gasteiger partial charge in [0, 0.05) is 13.1 Å². The first-order chi connectivity index (χ1) is 8.58. The van der Waals surface area contributed by atoms with Crippen LogP contribution >= 0.6 is 0 Å². The fourth-order valence-corrected chi connectivity index (χ4v) is 2.75. The Hall–Kier alpha value is -1.35. The summed E-state index contributed by atoms with van der Waals surface area (Å²) in [5.41, 5.74) is 3.93. The Morgan fingerprint density at radius 2 is 2.00 bits per heavy atom. The number of methoxy groups -OCH3 is 1. The average Bonchev–Trinajstić information content (AvgIpc) is 2.75. The molecule has 1 aliphatic heterocycles. The molecule has 0 aliphatic carbocycles. The van der Waals surface area contributed by atoms with Crippen molar-refractivity contribution in [1.82, 2.24) is 4.90 Å². The predicted molar refractivity (Wildman–Crippen MR) is 71.3 cm³/mol. The molecular weight excluding hydrogens is 226 g/mol. The van der Waals surface area contributed by atoms with Crippen LogP contribution in [0.2, 0.25) is 0 Å². The first-order valence-electron chi connectivity index (χ1n) is 6.46. The molecular formula is C15H21NO2. The zero-order valence-corrected chi connectivity index (χ0v) is 11.4. The summed E-state index contributed by atoms with van der Waals surface area (Å²) in [5.74, 6) is -0.0150. The van der Waals surface area contributed by atoms with E-state index in [4.69, 9.17) is 4.74 Å². The number of hydrogen-bond acceptors (Lipinski definition) is 3. The third-order valence-electron chi connectivity index (χ3n) is 3.49. The minimum absolute atomic E-state index is 0.0564. The van der Waals surface area contributed by atoms with Crippen LogP contribution in [0.5, 0.6) is 0 Å². The maximum Gasteiger partial charge on any atom is 0.310 e. The smallest absolute Gasteiger partial charge is 0.310 e. The van der Waals surface area contributed by atoms with Gasteiger partial charge in [-0.3, -0.25) is 9.69 Å². The summed E-state index contributed by atoms with van der Waals surface area (Å²) in [5, 5.41) is 0. The van der Waals surface area contributed by atoms with Crippen LogP contribution in [0.3, 0.4) is 0 Å². The lowest BCUT2D eigenvalue weighted by atomic mass is 10.1. The highest BCUT2D eigenvalue weighted by Crippen LogP contribution is 2.20. The van der Waals surface area contributed by atoms with E-state index in [0.717, 1.165) is 26.1 Å². The summed E-state index contributed by atoms with van der Waals surface area (Å²) >= 11 is 0. The fraction of sp³-hybridized carbons (Fsp3) is 0.533. The third kappa shape index (κ3) is 3.10. The molecule has 98 valence electrons. The number of carbonyl (C=O) groups is 1. The third-order valence-corrected chi connectivity index (χ3v) is 3.49. The lowest BCUT2D eigenvalue weighted by Crippen LogP contribution is -2.23. The van der Waals surface area contributed by atoms with Crippen molar-refractivity contribution in [2.75, 3.05) is 20.2 Å². The minimum Gasteiger partial charge on any atom is -0.469 e. The summed E-state index contributed by atoms with van der Waals surface area (Å²) in [7, 11) is 1.47. The van der Waals surface area contributed by atoms with Gasteiger partial charge in [-0.25, -0.2) is 0 Å². The Morgan fingerprint density at radius 3 is 2.61 bits per heavy atom. The first-order valence-corrected chi connectivity index (χ1v) is 6.46. The van der Waals surface area contributed by atoms with Gasteiger partial charge < -0.3 is 4.74 Å². The van der Waals surface area contributed by atoms with Gasteiger partial charge in [0.25, 0.3) is 0 Å². The molecule has 1 fully saturated rings. The summed E-state index contributed by atoms with van der Waals surface area (Å²) in [6, 6.07) is 6.63. The van der Waals surface area contributed by atoms with E-state index in [1.165, 1.54) is 23.8 Å². The second kappa shape index (κ2) is 5.53. The van der Waals surface area contributed by atoms with Crippen LogP contribution in [-0.2, 0) is 16.1 Å². The van der Waals surface area contributed by atoms with E-state index < -0.39 is 0 Å². The molecule has 0 bridgehead atoms. The molecule has 3 heteroatoms. The molecule has 2 rings (SSSR count). The SMILES string of the molecule is COC(=O)C1CCN(Cc2cc(C)cc(C)c2)C1. The molecule has 1 aromatic carbocycles. The van der Waals surface area contributed by atoms with Gasteiger partial charge in [-0.1, -0.05) is 29.3 Å². The second-order valence-electron chi connectivity index (χ2n) is 5.24. The van der Waals surface area contributed by atoms with Crippen LogP contribution < -0.4 is 0 Å². The largest absolute Gasteiger partial charge is 0.469 e. The van der Waals surface area contributed by atoms with Crippen LogP contribution in [0.15, 0.2) is 18.2 Å². The maximum absolute atomic E-state index is 11.5.